The summed E-state index contributed by atoms with van der Waals surface area (Å²) in [6.45, 7) is 5.26. The molecule has 2 aromatic rings. The number of thiol groups is 1. The van der Waals surface area contributed by atoms with Gasteiger partial charge in [0.2, 0.25) is 12.3 Å². The van der Waals surface area contributed by atoms with Gasteiger partial charge in [0.15, 0.2) is 5.82 Å². The van der Waals surface area contributed by atoms with Gasteiger partial charge in [-0.25, -0.2) is 9.37 Å². The average Bonchev–Trinajstić information content (AvgIpc) is 3.45. The number of amides is 2. The largest absolute Gasteiger partial charge is 0.481 e. The summed E-state index contributed by atoms with van der Waals surface area (Å²) < 4.78 is 19.0. The number of likely N-dealkylation sites (tertiary alicyclic amines) is 1. The number of H-pyrrole nitrogens is 1. The van der Waals surface area contributed by atoms with Crippen molar-refractivity contribution in [3.05, 3.63) is 29.8 Å². The van der Waals surface area contributed by atoms with Crippen LogP contribution in [0.3, 0.4) is 0 Å². The van der Waals surface area contributed by atoms with E-state index in [1.54, 1.807) is 13.1 Å². The molecule has 3 heterocycles. The van der Waals surface area contributed by atoms with Crippen LogP contribution in [0.4, 0.5) is 4.39 Å². The summed E-state index contributed by atoms with van der Waals surface area (Å²) in [6.07, 6.45) is 9.75. The number of pyridine rings is 1. The quantitative estimate of drug-likeness (QED) is 0.379. The van der Waals surface area contributed by atoms with E-state index in [0.717, 1.165) is 50.1 Å². The minimum atomic E-state index is -0.502. The highest BCUT2D eigenvalue weighted by Gasteiger charge is 2.51. The number of aromatic amines is 1. The highest BCUT2D eigenvalue weighted by molar-refractivity contribution is 7.80. The summed E-state index contributed by atoms with van der Waals surface area (Å²) in [7, 11) is 3.03. The number of nitrogens with zero attached hydrogens (tertiary/aromatic N) is 3. The second-order valence-electron chi connectivity index (χ2n) is 9.18. The van der Waals surface area contributed by atoms with E-state index >= 15 is 0 Å². The van der Waals surface area contributed by atoms with Crippen molar-refractivity contribution < 1.29 is 18.7 Å². The number of hydrogen-bond acceptors (Lipinski definition) is 6. The van der Waals surface area contributed by atoms with Gasteiger partial charge in [-0.3, -0.25) is 14.7 Å². The Morgan fingerprint density at radius 3 is 2.60 bits per heavy atom. The van der Waals surface area contributed by atoms with Crippen molar-refractivity contribution in [1.29, 1.82) is 0 Å². The van der Waals surface area contributed by atoms with Crippen LogP contribution in [0.1, 0.15) is 69.3 Å². The summed E-state index contributed by atoms with van der Waals surface area (Å²) in [4.78, 5) is 27.7. The Bertz CT molecular complexity index is 949. The van der Waals surface area contributed by atoms with E-state index in [1.165, 1.54) is 32.4 Å². The third-order valence-corrected chi connectivity index (χ3v) is 6.42. The van der Waals surface area contributed by atoms with Crippen molar-refractivity contribution in [3.8, 4) is 17.1 Å². The Morgan fingerprint density at radius 2 is 2.06 bits per heavy atom. The Morgan fingerprint density at radius 1 is 1.34 bits per heavy atom. The van der Waals surface area contributed by atoms with E-state index < -0.39 is 5.82 Å². The van der Waals surface area contributed by atoms with Gasteiger partial charge in [0.1, 0.15) is 5.69 Å². The van der Waals surface area contributed by atoms with Crippen LogP contribution in [-0.2, 0) is 4.79 Å². The molecule has 1 spiro atoms. The molecule has 2 fully saturated rings. The molecule has 194 valence electrons. The molecule has 2 aromatic heterocycles. The zero-order chi connectivity index (χ0) is 25.8. The lowest BCUT2D eigenvalue weighted by atomic mass is 9.99. The van der Waals surface area contributed by atoms with Crippen molar-refractivity contribution in [2.75, 3.05) is 26.5 Å². The maximum absolute atomic E-state index is 14.0. The monoisotopic (exact) mass is 507 g/mol. The molecule has 0 aromatic carbocycles. The summed E-state index contributed by atoms with van der Waals surface area (Å²) >= 11 is 4.10. The molecule has 4 rings (SSSR count). The van der Waals surface area contributed by atoms with E-state index in [4.69, 9.17) is 9.53 Å². The summed E-state index contributed by atoms with van der Waals surface area (Å²) in [5.74, 6) is 1.64. The van der Waals surface area contributed by atoms with Gasteiger partial charge < -0.3 is 15.0 Å². The molecule has 8 nitrogen and oxygen atoms in total. The fourth-order valence-electron chi connectivity index (χ4n) is 4.02. The van der Waals surface area contributed by atoms with Crippen LogP contribution in [0.25, 0.3) is 11.3 Å². The number of rotatable bonds is 7. The molecule has 0 radical (unpaired) electrons. The first-order valence-electron chi connectivity index (χ1n) is 12.1. The lowest BCUT2D eigenvalue weighted by molar-refractivity contribution is -0.109. The van der Waals surface area contributed by atoms with E-state index in [1.807, 2.05) is 4.90 Å². The van der Waals surface area contributed by atoms with Crippen molar-refractivity contribution in [2.24, 2.45) is 5.92 Å². The molecule has 0 atom stereocenters. The maximum atomic E-state index is 14.0. The molecule has 1 saturated carbocycles. The second kappa shape index (κ2) is 14.1. The van der Waals surface area contributed by atoms with Gasteiger partial charge in [-0.15, -0.1) is 0 Å². The molecule has 1 saturated heterocycles. The number of hydrogen-bond donors (Lipinski definition) is 3. The van der Waals surface area contributed by atoms with Gasteiger partial charge in [0.05, 0.1) is 19.0 Å². The molecule has 2 aliphatic rings. The highest BCUT2D eigenvalue weighted by Crippen LogP contribution is 2.48. The highest BCUT2D eigenvalue weighted by atomic mass is 32.1. The molecular formula is C25H38FN5O3S. The molecule has 0 bridgehead atoms. The third kappa shape index (κ3) is 8.23. The Labute approximate surface area is 212 Å². The molecule has 2 amide bonds. The third-order valence-electron chi connectivity index (χ3n) is 6.10. The van der Waals surface area contributed by atoms with Crippen LogP contribution in [0.15, 0.2) is 18.3 Å². The standard InChI is InChI=1S/C17H19FN4O2.C6H14S.C2H5NO/c1-24-15-8-11(12(18)10-19-15)13-9-14(21-20-13)16(23)22-7-3-2-4-17(22)5-6-17;1-6(2)4-3-5-7;1-3-2-4/h8-10H,2-7H2,1H3,(H,20,21);6-7H,3-5H2,1-2H3;2H,1H3,(H,3,4). The van der Waals surface area contributed by atoms with Gasteiger partial charge >= 0.3 is 0 Å². The van der Waals surface area contributed by atoms with Gasteiger partial charge in [0, 0.05) is 30.8 Å². The van der Waals surface area contributed by atoms with Crippen LogP contribution in [0, 0.1) is 11.7 Å². The fourth-order valence-corrected chi connectivity index (χ4v) is 4.20. The average molecular weight is 508 g/mol. The molecule has 1 aliphatic heterocycles. The number of carbonyl (C=O) groups is 2. The Balaban J connectivity index is 0.000000332. The zero-order valence-corrected chi connectivity index (χ0v) is 22.0. The van der Waals surface area contributed by atoms with E-state index in [9.17, 15) is 9.18 Å². The van der Waals surface area contributed by atoms with Gasteiger partial charge in [-0.05, 0) is 56.3 Å². The number of halogens is 1. The van der Waals surface area contributed by atoms with Crippen LogP contribution < -0.4 is 10.1 Å². The maximum Gasteiger partial charge on any atom is 0.272 e. The lowest BCUT2D eigenvalue weighted by Gasteiger charge is -2.35. The molecule has 10 heteroatoms. The van der Waals surface area contributed by atoms with Gasteiger partial charge in [-0.1, -0.05) is 20.3 Å². The molecule has 35 heavy (non-hydrogen) atoms. The molecule has 1 aliphatic carbocycles. The smallest absolute Gasteiger partial charge is 0.272 e. The fraction of sp³-hybridized carbons (Fsp3) is 0.600. The Kier molecular flexibility index (Phi) is 11.5. The zero-order valence-electron chi connectivity index (χ0n) is 21.1. The predicted molar refractivity (Wildman–Crippen MR) is 138 cm³/mol. The van der Waals surface area contributed by atoms with Crippen LogP contribution >= 0.6 is 12.6 Å². The topological polar surface area (TPSA) is 100 Å². The minimum absolute atomic E-state index is 0.0487. The van der Waals surface area contributed by atoms with Crippen molar-refractivity contribution >= 4 is 24.9 Å². The van der Waals surface area contributed by atoms with E-state index in [2.05, 4.69) is 47.0 Å². The SMILES string of the molecule is CC(C)CCCS.CNC=O.COc1cc(-c2cc(C(=O)N3CCCCC34CC4)[nH]n2)c(F)cn1. The van der Waals surface area contributed by atoms with E-state index in [-0.39, 0.29) is 17.0 Å². The minimum Gasteiger partial charge on any atom is -0.481 e. The predicted octanol–water partition coefficient (Wildman–Crippen LogP) is 4.49. The van der Waals surface area contributed by atoms with Crippen LogP contribution in [0.2, 0.25) is 0 Å². The van der Waals surface area contributed by atoms with Crippen molar-refractivity contribution in [1.82, 2.24) is 25.4 Å². The van der Waals surface area contributed by atoms with Crippen molar-refractivity contribution in [3.63, 3.8) is 0 Å². The molecular weight excluding hydrogens is 469 g/mol. The number of carbonyl (C=O) groups excluding carboxylic acids is 2. The first-order valence-corrected chi connectivity index (χ1v) is 12.7. The van der Waals surface area contributed by atoms with Crippen LogP contribution in [-0.4, -0.2) is 64.4 Å². The summed E-state index contributed by atoms with van der Waals surface area (Å²) in [6, 6.07) is 3.08. The number of aromatic nitrogens is 3. The first-order chi connectivity index (χ1) is 16.8. The number of ether oxygens (including phenoxy) is 1. The van der Waals surface area contributed by atoms with Crippen molar-refractivity contribution in [2.45, 2.75) is 64.3 Å². The number of piperidine rings is 1. The van der Waals surface area contributed by atoms with E-state index in [0.29, 0.717) is 23.7 Å². The normalized spacial score (nSPS) is 15.5. The number of nitrogens with one attached hydrogen (secondary N) is 2. The Hall–Kier alpha value is -2.62. The summed E-state index contributed by atoms with van der Waals surface area (Å²) in [5.41, 5.74) is 1.09. The molecule has 0 unspecified atom stereocenters. The lowest BCUT2D eigenvalue weighted by Crippen LogP contribution is -2.45. The van der Waals surface area contributed by atoms with Gasteiger partial charge in [0.25, 0.3) is 5.91 Å². The molecule has 2 N–H and O–H groups in total. The second-order valence-corrected chi connectivity index (χ2v) is 9.63. The summed E-state index contributed by atoms with van der Waals surface area (Å²) in [5, 5.41) is 9.12. The van der Waals surface area contributed by atoms with Crippen LogP contribution in [0.5, 0.6) is 5.88 Å². The first kappa shape index (κ1) is 28.6. The number of methoxy groups -OCH3 is 1. The van der Waals surface area contributed by atoms with Gasteiger partial charge in [-0.2, -0.15) is 17.7 Å².